The lowest BCUT2D eigenvalue weighted by Gasteiger charge is -2.29. The van der Waals surface area contributed by atoms with E-state index in [-0.39, 0.29) is 10.5 Å². The lowest BCUT2D eigenvalue weighted by molar-refractivity contribution is 1.27. The normalized spacial score (nSPS) is 12.3. The minimum atomic E-state index is -0.869. The Morgan fingerprint density at radius 1 is 0.278 bits per heavy atom. The molecular formula is C75H60N2S2. The van der Waals surface area contributed by atoms with Crippen molar-refractivity contribution in [2.24, 2.45) is 0 Å². The number of anilines is 6. The highest BCUT2D eigenvalue weighted by atomic mass is 32.3. The van der Waals surface area contributed by atoms with Gasteiger partial charge < -0.3 is 9.80 Å². The van der Waals surface area contributed by atoms with Gasteiger partial charge in [0.05, 0.1) is 0 Å². The molecule has 0 bridgehead atoms. The van der Waals surface area contributed by atoms with Crippen molar-refractivity contribution in [1.29, 1.82) is 0 Å². The summed E-state index contributed by atoms with van der Waals surface area (Å²) in [4.78, 5) is 7.39. The molecule has 0 saturated heterocycles. The molecule has 4 heteroatoms. The smallest absolute Gasteiger partial charge is 0.0467 e. The minimum absolute atomic E-state index is 0.0750. The van der Waals surface area contributed by atoms with E-state index in [4.69, 9.17) is 0 Å². The molecule has 0 radical (unpaired) electrons. The first kappa shape index (κ1) is 49.6. The van der Waals surface area contributed by atoms with Crippen molar-refractivity contribution in [1.82, 2.24) is 0 Å². The highest BCUT2D eigenvalue weighted by Gasteiger charge is 2.23. The molecule has 382 valence electrons. The molecule has 1 unspecified atom stereocenters. The maximum absolute atomic E-state index is 4.31. The van der Waals surface area contributed by atoms with Crippen LogP contribution >= 0.6 is 20.5 Å². The van der Waals surface area contributed by atoms with Crippen LogP contribution in [0.2, 0.25) is 0 Å². The third-order valence-corrected chi connectivity index (χ3v) is 18.2. The maximum atomic E-state index is 4.31. The summed E-state index contributed by atoms with van der Waals surface area (Å²) in [5.41, 5.74) is 16.3. The van der Waals surface area contributed by atoms with E-state index in [1.54, 1.807) is 0 Å². The quantitative estimate of drug-likeness (QED) is 0.0889. The molecule has 79 heavy (non-hydrogen) atoms. The number of hydrogen-bond acceptors (Lipinski definition) is 2. The highest BCUT2D eigenvalue weighted by molar-refractivity contribution is 8.32. The molecule has 0 aliphatic carbocycles. The Hall–Kier alpha value is -8.93. The Morgan fingerprint density at radius 3 is 0.861 bits per heavy atom. The van der Waals surface area contributed by atoms with Crippen molar-refractivity contribution in [2.45, 2.75) is 9.79 Å². The number of para-hydroxylation sites is 2. The Labute approximate surface area is 468 Å². The van der Waals surface area contributed by atoms with E-state index in [1.165, 1.54) is 97.4 Å². The highest BCUT2D eigenvalue weighted by Crippen LogP contribution is 2.50. The SMILES string of the molecule is C=S(C)c1ccc(N(c2ccccc2)c2cccc(-c3c4ccccc4c(-c4cccc(-c5c6ccccc6c(-c6cccc(N(c7ccccc7)c7ccc(S(C)(C)C)cc7)c6)c6ccccc56)c4)c4ccccc34)c2)cc1. The van der Waals surface area contributed by atoms with Gasteiger partial charge in [-0.2, -0.15) is 10.5 Å². The van der Waals surface area contributed by atoms with E-state index in [2.05, 4.69) is 320 Å². The summed E-state index contributed by atoms with van der Waals surface area (Å²) in [5, 5.41) is 9.77. The standard InChI is InChI=1S/C75H60N2S2/c1-78(2)62-45-41-58(42-46-62)76(56-27-8-6-9-28-56)60-31-21-25-54(50-60)74-68-37-16-12-33-64(68)72(65-34-13-17-38-69(65)74)52-23-20-24-53(49-52)73-66-35-14-18-39-70(66)75(71-40-19-15-36-67(71)73)55-26-22-32-61(51-55)77(57-29-10-7-11-30-57)59-43-47-63(48-44-59)79(3,4)5/h6-51H,1H2,2-5H3. The third kappa shape index (κ3) is 9.27. The van der Waals surface area contributed by atoms with Gasteiger partial charge in [-0.3, -0.25) is 0 Å². The molecule has 0 amide bonds. The van der Waals surface area contributed by atoms with E-state index in [1.807, 2.05) is 0 Å². The topological polar surface area (TPSA) is 6.48 Å². The van der Waals surface area contributed by atoms with Crippen LogP contribution in [0.4, 0.5) is 34.1 Å². The predicted octanol–water partition coefficient (Wildman–Crippen LogP) is 21.6. The van der Waals surface area contributed by atoms with Crippen molar-refractivity contribution in [3.05, 3.63) is 279 Å². The zero-order chi connectivity index (χ0) is 53.6. The molecule has 13 aromatic carbocycles. The fraction of sp³-hybridized carbons (Fsp3) is 0.0533. The average Bonchev–Trinajstić information content (AvgIpc) is 3.61. The van der Waals surface area contributed by atoms with Gasteiger partial charge in [-0.05, 0) is 221 Å². The first-order valence-corrected chi connectivity index (χ1v) is 31.6. The van der Waals surface area contributed by atoms with Crippen LogP contribution < -0.4 is 9.80 Å². The molecule has 13 rings (SSSR count). The molecule has 0 spiro atoms. The average molecular weight is 1050 g/mol. The van der Waals surface area contributed by atoms with E-state index in [0.717, 1.165) is 34.1 Å². The summed E-state index contributed by atoms with van der Waals surface area (Å²) >= 11 is 0. The fourth-order valence-corrected chi connectivity index (χ4v) is 13.4. The monoisotopic (exact) mass is 1050 g/mol. The van der Waals surface area contributed by atoms with Crippen molar-refractivity contribution in [3.8, 4) is 44.5 Å². The van der Waals surface area contributed by atoms with Gasteiger partial charge in [0, 0.05) is 39.0 Å². The van der Waals surface area contributed by atoms with Crippen LogP contribution in [0.3, 0.4) is 0 Å². The molecule has 13 aromatic rings. The Bertz CT molecular complexity index is 4310. The number of hydrogen-bond donors (Lipinski definition) is 0. The van der Waals surface area contributed by atoms with E-state index >= 15 is 0 Å². The van der Waals surface area contributed by atoms with Gasteiger partial charge in [0.25, 0.3) is 0 Å². The number of nitrogens with zero attached hydrogens (tertiary/aromatic N) is 2. The molecule has 0 aliphatic rings. The lowest BCUT2D eigenvalue weighted by Crippen LogP contribution is -2.10. The molecule has 0 fully saturated rings. The zero-order valence-electron chi connectivity index (χ0n) is 45.0. The molecule has 0 saturated carbocycles. The number of fused-ring (bicyclic) bond motifs is 4. The summed E-state index contributed by atoms with van der Waals surface area (Å²) in [6, 6.07) is 103. The van der Waals surface area contributed by atoms with Gasteiger partial charge in [-0.1, -0.05) is 182 Å². The van der Waals surface area contributed by atoms with Crippen molar-refractivity contribution in [3.63, 3.8) is 0 Å². The van der Waals surface area contributed by atoms with Gasteiger partial charge in [0.15, 0.2) is 0 Å². The summed E-state index contributed by atoms with van der Waals surface area (Å²) in [7, 11) is -0.944. The molecule has 0 N–H and O–H groups in total. The summed E-state index contributed by atoms with van der Waals surface area (Å²) in [5.74, 6) is 4.31. The van der Waals surface area contributed by atoms with Crippen LogP contribution in [0.1, 0.15) is 0 Å². The fourth-order valence-electron chi connectivity index (χ4n) is 11.8. The number of benzene rings is 13. The van der Waals surface area contributed by atoms with Crippen LogP contribution in [0.25, 0.3) is 87.6 Å². The Kier molecular flexibility index (Phi) is 13.1. The van der Waals surface area contributed by atoms with Gasteiger partial charge in [-0.15, -0.1) is 0 Å². The van der Waals surface area contributed by atoms with Crippen LogP contribution in [-0.2, 0) is 0 Å². The largest absolute Gasteiger partial charge is 0.310 e. The summed E-state index contributed by atoms with van der Waals surface area (Å²) in [6.45, 7) is 0. The van der Waals surface area contributed by atoms with Gasteiger partial charge in [-0.25, -0.2) is 10.0 Å². The Balaban J connectivity index is 0.952. The van der Waals surface area contributed by atoms with Crippen LogP contribution in [0.5, 0.6) is 0 Å². The van der Waals surface area contributed by atoms with Crippen molar-refractivity contribution >= 4 is 104 Å². The molecule has 0 heterocycles. The van der Waals surface area contributed by atoms with E-state index in [0.29, 0.717) is 0 Å². The van der Waals surface area contributed by atoms with Crippen LogP contribution in [-0.4, -0.2) is 30.9 Å². The maximum Gasteiger partial charge on any atom is 0.0467 e. The summed E-state index contributed by atoms with van der Waals surface area (Å²) in [6.07, 6.45) is 9.23. The molecule has 2 nitrogen and oxygen atoms in total. The zero-order valence-corrected chi connectivity index (χ0v) is 46.6. The Morgan fingerprint density at radius 2 is 0.544 bits per heavy atom. The second-order valence-electron chi connectivity index (χ2n) is 21.2. The first-order valence-electron chi connectivity index (χ1n) is 26.9. The lowest BCUT2D eigenvalue weighted by atomic mass is 9.83. The second-order valence-corrected chi connectivity index (χ2v) is 27.1. The molecular weight excluding hydrogens is 993 g/mol. The summed E-state index contributed by atoms with van der Waals surface area (Å²) < 4.78 is 0. The van der Waals surface area contributed by atoms with Crippen LogP contribution in [0, 0.1) is 0 Å². The van der Waals surface area contributed by atoms with Gasteiger partial charge >= 0.3 is 0 Å². The second kappa shape index (κ2) is 20.8. The van der Waals surface area contributed by atoms with E-state index in [9.17, 15) is 0 Å². The van der Waals surface area contributed by atoms with Gasteiger partial charge in [0.2, 0.25) is 0 Å². The third-order valence-electron chi connectivity index (χ3n) is 15.4. The van der Waals surface area contributed by atoms with Crippen molar-refractivity contribution in [2.75, 3.05) is 34.8 Å². The number of rotatable bonds is 12. The van der Waals surface area contributed by atoms with Gasteiger partial charge in [0.1, 0.15) is 0 Å². The first-order chi connectivity index (χ1) is 38.7. The van der Waals surface area contributed by atoms with E-state index < -0.39 is 10.0 Å². The van der Waals surface area contributed by atoms with Crippen LogP contribution in [0.15, 0.2) is 289 Å². The predicted molar refractivity (Wildman–Crippen MR) is 350 cm³/mol. The van der Waals surface area contributed by atoms with Crippen molar-refractivity contribution < 1.29 is 0 Å². The molecule has 0 aliphatic heterocycles. The molecule has 1 atom stereocenters. The minimum Gasteiger partial charge on any atom is -0.310 e. The molecule has 0 aromatic heterocycles.